The molecule has 5 rings (SSSR count). The SMILES string of the molecule is COc1cc2c(NC(=O)c3c(Br)ccc4c3OCO4)cccc2c(-c2ccccc2)c1OC. The molecule has 7 heteroatoms. The second kappa shape index (κ2) is 8.67. The molecular formula is C26H20BrNO5. The van der Waals surface area contributed by atoms with Gasteiger partial charge in [-0.05, 0) is 51.1 Å². The summed E-state index contributed by atoms with van der Waals surface area (Å²) in [6, 6.07) is 21.1. The van der Waals surface area contributed by atoms with Crippen LogP contribution in [0.25, 0.3) is 21.9 Å². The third-order valence-corrected chi connectivity index (χ3v) is 6.21. The monoisotopic (exact) mass is 505 g/mol. The summed E-state index contributed by atoms with van der Waals surface area (Å²) in [4.78, 5) is 13.3. The number of anilines is 1. The van der Waals surface area contributed by atoms with E-state index < -0.39 is 0 Å². The van der Waals surface area contributed by atoms with Crippen molar-refractivity contribution >= 4 is 38.3 Å². The van der Waals surface area contributed by atoms with Crippen LogP contribution in [0.1, 0.15) is 10.4 Å². The Bertz CT molecular complexity index is 1370. The molecule has 0 radical (unpaired) electrons. The van der Waals surface area contributed by atoms with Crippen molar-refractivity contribution in [1.82, 2.24) is 0 Å². The second-order valence-electron chi connectivity index (χ2n) is 7.36. The van der Waals surface area contributed by atoms with Crippen LogP contribution in [0.3, 0.4) is 0 Å². The number of benzene rings is 4. The molecule has 6 nitrogen and oxygen atoms in total. The van der Waals surface area contributed by atoms with Gasteiger partial charge in [-0.1, -0.05) is 42.5 Å². The number of amides is 1. The molecule has 1 heterocycles. The van der Waals surface area contributed by atoms with Crippen molar-refractivity contribution in [1.29, 1.82) is 0 Å². The molecule has 1 N–H and O–H groups in total. The molecule has 0 saturated carbocycles. The highest BCUT2D eigenvalue weighted by atomic mass is 79.9. The van der Waals surface area contributed by atoms with E-state index in [1.54, 1.807) is 26.4 Å². The molecule has 0 atom stereocenters. The minimum absolute atomic E-state index is 0.0811. The molecule has 4 aromatic carbocycles. The van der Waals surface area contributed by atoms with Crippen molar-refractivity contribution in [2.24, 2.45) is 0 Å². The molecule has 166 valence electrons. The quantitative estimate of drug-likeness (QED) is 0.346. The summed E-state index contributed by atoms with van der Waals surface area (Å²) in [7, 11) is 3.22. The van der Waals surface area contributed by atoms with Crippen LogP contribution in [0.2, 0.25) is 0 Å². The first-order valence-electron chi connectivity index (χ1n) is 10.2. The van der Waals surface area contributed by atoms with E-state index in [9.17, 15) is 4.79 Å². The summed E-state index contributed by atoms with van der Waals surface area (Å²) < 4.78 is 23.0. The largest absolute Gasteiger partial charge is 0.493 e. The maximum absolute atomic E-state index is 13.3. The zero-order valence-corrected chi connectivity index (χ0v) is 19.6. The average Bonchev–Trinajstić information content (AvgIpc) is 3.32. The van der Waals surface area contributed by atoms with Crippen molar-refractivity contribution in [3.63, 3.8) is 0 Å². The molecular weight excluding hydrogens is 486 g/mol. The summed E-state index contributed by atoms with van der Waals surface area (Å²) in [6.07, 6.45) is 0. The maximum atomic E-state index is 13.3. The lowest BCUT2D eigenvalue weighted by Crippen LogP contribution is -2.14. The highest BCUT2D eigenvalue weighted by Crippen LogP contribution is 2.46. The van der Waals surface area contributed by atoms with Gasteiger partial charge in [-0.2, -0.15) is 0 Å². The van der Waals surface area contributed by atoms with E-state index in [0.29, 0.717) is 38.7 Å². The predicted molar refractivity (Wildman–Crippen MR) is 131 cm³/mol. The number of halogens is 1. The standard InChI is InChI=1S/C26H20BrNO5/c1-30-21-13-17-16(22(24(21)31-2)15-7-4-3-5-8-15)9-6-10-19(17)28-26(29)23-18(27)11-12-20-25(23)33-14-32-20/h3-13H,14H2,1-2H3,(H,28,29). The molecule has 0 saturated heterocycles. The highest BCUT2D eigenvalue weighted by molar-refractivity contribution is 9.10. The number of carbonyl (C=O) groups is 1. The van der Waals surface area contributed by atoms with E-state index in [1.165, 1.54) is 0 Å². The van der Waals surface area contributed by atoms with Crippen molar-refractivity contribution < 1.29 is 23.7 Å². The van der Waals surface area contributed by atoms with Crippen molar-refractivity contribution in [2.75, 3.05) is 26.3 Å². The third-order valence-electron chi connectivity index (χ3n) is 5.55. The molecule has 4 aromatic rings. The normalized spacial score (nSPS) is 12.0. The van der Waals surface area contributed by atoms with E-state index in [2.05, 4.69) is 21.2 Å². The number of nitrogens with one attached hydrogen (secondary N) is 1. The number of rotatable bonds is 5. The van der Waals surface area contributed by atoms with Crippen LogP contribution in [0.4, 0.5) is 5.69 Å². The van der Waals surface area contributed by atoms with Gasteiger partial charge in [0.05, 0.1) is 19.8 Å². The first-order chi connectivity index (χ1) is 16.1. The van der Waals surface area contributed by atoms with E-state index in [1.807, 2.05) is 54.6 Å². The fraction of sp³-hybridized carbons (Fsp3) is 0.115. The molecule has 0 fully saturated rings. The molecule has 0 unspecified atom stereocenters. The van der Waals surface area contributed by atoms with Crippen LogP contribution < -0.4 is 24.3 Å². The zero-order chi connectivity index (χ0) is 22.9. The molecule has 0 aromatic heterocycles. The molecule has 1 amide bonds. The van der Waals surface area contributed by atoms with Crippen molar-refractivity contribution in [2.45, 2.75) is 0 Å². The van der Waals surface area contributed by atoms with Gasteiger partial charge in [0.1, 0.15) is 0 Å². The highest BCUT2D eigenvalue weighted by Gasteiger charge is 2.26. The van der Waals surface area contributed by atoms with E-state index >= 15 is 0 Å². The first kappa shape index (κ1) is 21.2. The Morgan fingerprint density at radius 2 is 1.76 bits per heavy atom. The van der Waals surface area contributed by atoms with E-state index in [0.717, 1.165) is 21.9 Å². The minimum Gasteiger partial charge on any atom is -0.493 e. The van der Waals surface area contributed by atoms with Crippen LogP contribution >= 0.6 is 15.9 Å². The van der Waals surface area contributed by atoms with Gasteiger partial charge in [0.25, 0.3) is 5.91 Å². The topological polar surface area (TPSA) is 66.0 Å². The number of ether oxygens (including phenoxy) is 4. The Balaban J connectivity index is 1.67. The Morgan fingerprint density at radius 1 is 0.939 bits per heavy atom. The lowest BCUT2D eigenvalue weighted by molar-refractivity contribution is 0.102. The average molecular weight is 506 g/mol. The molecule has 0 bridgehead atoms. The minimum atomic E-state index is -0.312. The Morgan fingerprint density at radius 3 is 2.52 bits per heavy atom. The summed E-state index contributed by atoms with van der Waals surface area (Å²) >= 11 is 3.46. The van der Waals surface area contributed by atoms with Crippen LogP contribution in [-0.2, 0) is 0 Å². The lowest BCUT2D eigenvalue weighted by atomic mass is 9.95. The van der Waals surface area contributed by atoms with Gasteiger partial charge < -0.3 is 24.3 Å². The summed E-state index contributed by atoms with van der Waals surface area (Å²) in [5.41, 5.74) is 2.89. The molecule has 0 spiro atoms. The Labute approximate surface area is 199 Å². The number of hydrogen-bond donors (Lipinski definition) is 1. The van der Waals surface area contributed by atoms with Crippen LogP contribution in [0.5, 0.6) is 23.0 Å². The summed E-state index contributed by atoms with van der Waals surface area (Å²) in [5, 5.41) is 4.79. The Hall–Kier alpha value is -3.71. The van der Waals surface area contributed by atoms with Crippen LogP contribution in [0, 0.1) is 0 Å². The van der Waals surface area contributed by atoms with Gasteiger partial charge in [-0.3, -0.25) is 4.79 Å². The number of fused-ring (bicyclic) bond motifs is 2. The van der Waals surface area contributed by atoms with E-state index in [4.69, 9.17) is 18.9 Å². The predicted octanol–water partition coefficient (Wildman–Crippen LogP) is 6.27. The van der Waals surface area contributed by atoms with Gasteiger partial charge in [0, 0.05) is 21.1 Å². The molecule has 33 heavy (non-hydrogen) atoms. The molecule has 1 aliphatic rings. The first-order valence-corrected chi connectivity index (χ1v) is 11.0. The Kier molecular flexibility index (Phi) is 5.56. The molecule has 0 aliphatic carbocycles. The van der Waals surface area contributed by atoms with Crippen LogP contribution in [0.15, 0.2) is 71.2 Å². The van der Waals surface area contributed by atoms with Crippen molar-refractivity contribution in [3.8, 4) is 34.1 Å². The van der Waals surface area contributed by atoms with Gasteiger partial charge in [-0.15, -0.1) is 0 Å². The zero-order valence-electron chi connectivity index (χ0n) is 18.0. The van der Waals surface area contributed by atoms with Gasteiger partial charge in [-0.25, -0.2) is 0 Å². The fourth-order valence-corrected chi connectivity index (χ4v) is 4.57. The van der Waals surface area contributed by atoms with Gasteiger partial charge >= 0.3 is 0 Å². The number of hydrogen-bond acceptors (Lipinski definition) is 5. The number of methoxy groups -OCH3 is 2. The van der Waals surface area contributed by atoms with Gasteiger partial charge in [0.15, 0.2) is 23.0 Å². The summed E-state index contributed by atoms with van der Waals surface area (Å²) in [6.45, 7) is 0.0811. The van der Waals surface area contributed by atoms with E-state index in [-0.39, 0.29) is 12.7 Å². The second-order valence-corrected chi connectivity index (χ2v) is 8.22. The van der Waals surface area contributed by atoms with Crippen molar-refractivity contribution in [3.05, 3.63) is 76.8 Å². The number of carbonyl (C=O) groups excluding carboxylic acids is 1. The lowest BCUT2D eigenvalue weighted by Gasteiger charge is -2.18. The fourth-order valence-electron chi connectivity index (χ4n) is 4.08. The smallest absolute Gasteiger partial charge is 0.260 e. The summed E-state index contributed by atoms with van der Waals surface area (Å²) in [5.74, 6) is 1.86. The van der Waals surface area contributed by atoms with Gasteiger partial charge in [0.2, 0.25) is 6.79 Å². The maximum Gasteiger partial charge on any atom is 0.260 e. The molecule has 1 aliphatic heterocycles. The van der Waals surface area contributed by atoms with Crippen LogP contribution in [-0.4, -0.2) is 26.9 Å². The third kappa shape index (κ3) is 3.64.